The first-order valence-corrected chi connectivity index (χ1v) is 12.7. The Hall–Kier alpha value is -3.27. The molecule has 0 aliphatic carbocycles. The second-order valence-electron chi connectivity index (χ2n) is 8.85. The topological polar surface area (TPSA) is 113 Å². The molecular weight excluding hydrogens is 498 g/mol. The smallest absolute Gasteiger partial charge is 0.410 e. The summed E-state index contributed by atoms with van der Waals surface area (Å²) in [5.74, 6) is 0.361. The van der Waals surface area contributed by atoms with E-state index in [0.717, 1.165) is 27.7 Å². The number of hydrogen-bond donors (Lipinski definition) is 3. The molecular formula is C27H32ClN3O6. The van der Waals surface area contributed by atoms with Gasteiger partial charge in [-0.15, -0.1) is 0 Å². The van der Waals surface area contributed by atoms with E-state index in [0.29, 0.717) is 36.8 Å². The Morgan fingerprint density at radius 2 is 2.03 bits per heavy atom. The molecule has 3 N–H and O–H groups in total. The number of benzene rings is 2. The molecule has 2 aromatic carbocycles. The predicted octanol–water partition coefficient (Wildman–Crippen LogP) is 3.82. The number of aromatic amines is 1. The van der Waals surface area contributed by atoms with Gasteiger partial charge in [0, 0.05) is 48.2 Å². The van der Waals surface area contributed by atoms with Crippen LogP contribution in [0.5, 0.6) is 5.75 Å². The maximum Gasteiger partial charge on any atom is 0.410 e. The Kier molecular flexibility index (Phi) is 8.91. The number of halogens is 1. The van der Waals surface area contributed by atoms with Crippen molar-refractivity contribution in [2.45, 2.75) is 31.9 Å². The van der Waals surface area contributed by atoms with Crippen LogP contribution in [0.25, 0.3) is 10.9 Å². The van der Waals surface area contributed by atoms with Gasteiger partial charge in [0.1, 0.15) is 18.4 Å². The van der Waals surface area contributed by atoms with E-state index in [9.17, 15) is 14.7 Å². The van der Waals surface area contributed by atoms with E-state index in [-0.39, 0.29) is 37.8 Å². The highest BCUT2D eigenvalue weighted by Crippen LogP contribution is 2.39. The van der Waals surface area contributed by atoms with Gasteiger partial charge in [-0.05, 0) is 54.8 Å². The van der Waals surface area contributed by atoms with Gasteiger partial charge in [-0.25, -0.2) is 4.79 Å². The number of carbonyl (C=O) groups excluding carboxylic acids is 2. The van der Waals surface area contributed by atoms with Crippen LogP contribution < -0.4 is 10.1 Å². The normalized spacial score (nSPS) is 15.8. The zero-order valence-electron chi connectivity index (χ0n) is 21.0. The van der Waals surface area contributed by atoms with Crippen LogP contribution in [-0.4, -0.2) is 73.1 Å². The molecule has 3 aromatic rings. The molecule has 0 saturated heterocycles. The van der Waals surface area contributed by atoms with Crippen molar-refractivity contribution in [3.63, 3.8) is 0 Å². The molecule has 0 saturated carbocycles. The quantitative estimate of drug-likeness (QED) is 0.368. The second-order valence-corrected chi connectivity index (χ2v) is 9.29. The van der Waals surface area contributed by atoms with E-state index in [4.69, 9.17) is 25.8 Å². The average molecular weight is 530 g/mol. The van der Waals surface area contributed by atoms with Crippen LogP contribution in [-0.2, 0) is 20.7 Å². The standard InChI is InChI=1S/C27H32ClN3O6/c1-3-36-27(34)31-12-10-21-22-14-18(28)6-9-23(22)30-25(21)26(31)17-4-7-20(8-5-17)37-13-11-19(32)15-29-24(33)16-35-2/h4-9,14,19,26,30,32H,3,10-13,15-16H2,1-2H3,(H,29,33). The number of aromatic nitrogens is 1. The van der Waals surface area contributed by atoms with Gasteiger partial charge < -0.3 is 29.6 Å². The molecule has 10 heteroatoms. The monoisotopic (exact) mass is 529 g/mol. The summed E-state index contributed by atoms with van der Waals surface area (Å²) in [6.45, 7) is 2.99. The van der Waals surface area contributed by atoms with Gasteiger partial charge in [0.2, 0.25) is 5.91 Å². The summed E-state index contributed by atoms with van der Waals surface area (Å²) in [5.41, 5.74) is 3.99. The zero-order chi connectivity index (χ0) is 26.4. The Morgan fingerprint density at radius 1 is 1.24 bits per heavy atom. The van der Waals surface area contributed by atoms with Crippen molar-refractivity contribution in [3.8, 4) is 5.75 Å². The number of rotatable bonds is 10. The first kappa shape index (κ1) is 26.8. The number of carbonyl (C=O) groups is 2. The van der Waals surface area contributed by atoms with Gasteiger partial charge in [-0.3, -0.25) is 9.69 Å². The van der Waals surface area contributed by atoms with Crippen LogP contribution in [0.15, 0.2) is 42.5 Å². The highest BCUT2D eigenvalue weighted by atomic mass is 35.5. The van der Waals surface area contributed by atoms with E-state index in [2.05, 4.69) is 10.3 Å². The number of aliphatic hydroxyl groups is 1. The lowest BCUT2D eigenvalue weighted by Crippen LogP contribution is -2.40. The molecule has 0 radical (unpaired) electrons. The van der Waals surface area contributed by atoms with Gasteiger partial charge in [0.05, 0.1) is 19.3 Å². The molecule has 4 rings (SSSR count). The molecule has 2 unspecified atom stereocenters. The lowest BCUT2D eigenvalue weighted by Gasteiger charge is -2.35. The van der Waals surface area contributed by atoms with Crippen molar-refractivity contribution >= 4 is 34.5 Å². The number of ether oxygens (including phenoxy) is 3. The van der Waals surface area contributed by atoms with Crippen molar-refractivity contribution in [2.24, 2.45) is 0 Å². The van der Waals surface area contributed by atoms with E-state index >= 15 is 0 Å². The van der Waals surface area contributed by atoms with E-state index in [1.165, 1.54) is 7.11 Å². The first-order chi connectivity index (χ1) is 17.9. The molecule has 2 atom stereocenters. The summed E-state index contributed by atoms with van der Waals surface area (Å²) >= 11 is 6.26. The van der Waals surface area contributed by atoms with Crippen LogP contribution in [0.4, 0.5) is 4.79 Å². The van der Waals surface area contributed by atoms with Crippen LogP contribution in [0.2, 0.25) is 5.02 Å². The van der Waals surface area contributed by atoms with Gasteiger partial charge in [-0.1, -0.05) is 23.7 Å². The van der Waals surface area contributed by atoms with Crippen molar-refractivity contribution in [2.75, 3.05) is 40.0 Å². The van der Waals surface area contributed by atoms with Gasteiger partial charge in [0.15, 0.2) is 0 Å². The number of methoxy groups -OCH3 is 1. The van der Waals surface area contributed by atoms with E-state index in [1.807, 2.05) is 42.5 Å². The summed E-state index contributed by atoms with van der Waals surface area (Å²) in [6, 6.07) is 13.0. The molecule has 2 amide bonds. The predicted molar refractivity (Wildman–Crippen MR) is 140 cm³/mol. The molecule has 198 valence electrons. The zero-order valence-corrected chi connectivity index (χ0v) is 21.7. The van der Waals surface area contributed by atoms with Crippen molar-refractivity contribution < 1.29 is 28.9 Å². The lowest BCUT2D eigenvalue weighted by atomic mass is 9.92. The number of amides is 2. The Balaban J connectivity index is 1.48. The molecule has 1 aromatic heterocycles. The fourth-order valence-corrected chi connectivity index (χ4v) is 4.76. The number of nitrogens with one attached hydrogen (secondary N) is 2. The Labute approximate surface area is 220 Å². The summed E-state index contributed by atoms with van der Waals surface area (Å²) in [5, 5.41) is 14.4. The van der Waals surface area contributed by atoms with Crippen LogP contribution in [0.1, 0.15) is 36.2 Å². The molecule has 0 fully saturated rings. The van der Waals surface area contributed by atoms with Crippen molar-refractivity contribution in [1.29, 1.82) is 0 Å². The second kappa shape index (κ2) is 12.3. The summed E-state index contributed by atoms with van der Waals surface area (Å²) in [4.78, 5) is 29.5. The minimum atomic E-state index is -0.727. The highest BCUT2D eigenvalue weighted by Gasteiger charge is 2.35. The van der Waals surface area contributed by atoms with Gasteiger partial charge in [-0.2, -0.15) is 0 Å². The van der Waals surface area contributed by atoms with E-state index < -0.39 is 6.10 Å². The Morgan fingerprint density at radius 3 is 2.76 bits per heavy atom. The van der Waals surface area contributed by atoms with E-state index in [1.54, 1.807) is 11.8 Å². The third-order valence-electron chi connectivity index (χ3n) is 6.32. The number of hydrogen-bond acceptors (Lipinski definition) is 6. The van der Waals surface area contributed by atoms with Crippen LogP contribution >= 0.6 is 11.6 Å². The number of aliphatic hydroxyl groups excluding tert-OH is 1. The summed E-state index contributed by atoms with van der Waals surface area (Å²) in [6.07, 6.45) is -0.0356. The van der Waals surface area contributed by atoms with Crippen LogP contribution in [0.3, 0.4) is 0 Å². The maximum atomic E-state index is 12.9. The maximum absolute atomic E-state index is 12.9. The molecule has 37 heavy (non-hydrogen) atoms. The minimum Gasteiger partial charge on any atom is -0.493 e. The third kappa shape index (κ3) is 6.36. The minimum absolute atomic E-state index is 0.0437. The SMILES string of the molecule is CCOC(=O)N1CCc2c([nH]c3ccc(Cl)cc23)C1c1ccc(OCCC(O)CNC(=O)COC)cc1. The average Bonchev–Trinajstić information content (AvgIpc) is 3.25. The number of nitrogens with zero attached hydrogens (tertiary/aromatic N) is 1. The van der Waals surface area contributed by atoms with Gasteiger partial charge in [0.25, 0.3) is 0 Å². The number of H-pyrrole nitrogens is 1. The molecule has 9 nitrogen and oxygen atoms in total. The van der Waals surface area contributed by atoms with Crippen molar-refractivity contribution in [3.05, 3.63) is 64.3 Å². The molecule has 0 spiro atoms. The fraction of sp³-hybridized carbons (Fsp3) is 0.407. The molecule has 0 bridgehead atoms. The lowest BCUT2D eigenvalue weighted by molar-refractivity contribution is -0.125. The first-order valence-electron chi connectivity index (χ1n) is 12.3. The fourth-order valence-electron chi connectivity index (χ4n) is 4.59. The molecule has 1 aliphatic heterocycles. The van der Waals surface area contributed by atoms with Crippen molar-refractivity contribution in [1.82, 2.24) is 15.2 Å². The van der Waals surface area contributed by atoms with Crippen LogP contribution in [0, 0.1) is 0 Å². The van der Waals surface area contributed by atoms with Gasteiger partial charge >= 0.3 is 6.09 Å². The highest BCUT2D eigenvalue weighted by molar-refractivity contribution is 6.31. The summed E-state index contributed by atoms with van der Waals surface area (Å²) < 4.78 is 15.9. The third-order valence-corrected chi connectivity index (χ3v) is 6.55. The molecule has 1 aliphatic rings. The number of fused-ring (bicyclic) bond motifs is 3. The summed E-state index contributed by atoms with van der Waals surface area (Å²) in [7, 11) is 1.44. The Bertz CT molecular complexity index is 1230. The molecule has 2 heterocycles. The largest absolute Gasteiger partial charge is 0.493 e.